The van der Waals surface area contributed by atoms with E-state index in [0.717, 1.165) is 5.56 Å². The van der Waals surface area contributed by atoms with Crippen LogP contribution in [-0.2, 0) is 0 Å². The molecule has 0 bridgehead atoms. The van der Waals surface area contributed by atoms with E-state index in [-0.39, 0.29) is 18.8 Å². The third-order valence-electron chi connectivity index (χ3n) is 3.69. The molecule has 0 aliphatic carbocycles. The van der Waals surface area contributed by atoms with E-state index in [2.05, 4.69) is 5.32 Å². The van der Waals surface area contributed by atoms with Gasteiger partial charge in [-0.3, -0.25) is 4.79 Å². The number of hydrogen-bond donors (Lipinski definition) is 2. The minimum absolute atomic E-state index is 0.0568. The summed E-state index contributed by atoms with van der Waals surface area (Å²) >= 11 is 0. The highest BCUT2D eigenvalue weighted by molar-refractivity contribution is 6.05. The van der Waals surface area contributed by atoms with E-state index in [0.29, 0.717) is 22.4 Å². The summed E-state index contributed by atoms with van der Waals surface area (Å²) in [6.45, 7) is 1.93. The van der Waals surface area contributed by atoms with Crippen molar-refractivity contribution in [2.75, 3.05) is 18.5 Å². The maximum atomic E-state index is 12.5. The van der Waals surface area contributed by atoms with Crippen molar-refractivity contribution in [2.24, 2.45) is 0 Å². The van der Waals surface area contributed by atoms with Crippen LogP contribution < -0.4 is 15.7 Å². The molecule has 128 valence electrons. The molecule has 2 aromatic carbocycles. The third-order valence-corrected chi connectivity index (χ3v) is 3.69. The van der Waals surface area contributed by atoms with E-state index in [9.17, 15) is 9.59 Å². The lowest BCUT2D eigenvalue weighted by Gasteiger charge is -2.11. The van der Waals surface area contributed by atoms with Crippen LogP contribution >= 0.6 is 0 Å². The number of aryl methyl sites for hydroxylation is 1. The molecular weight excluding hydrogens is 322 g/mol. The van der Waals surface area contributed by atoms with Crippen molar-refractivity contribution in [2.45, 2.75) is 6.92 Å². The van der Waals surface area contributed by atoms with Gasteiger partial charge in [-0.25, -0.2) is 4.79 Å². The fourth-order valence-corrected chi connectivity index (χ4v) is 2.44. The molecule has 1 heterocycles. The molecule has 0 unspecified atom stereocenters. The van der Waals surface area contributed by atoms with Crippen LogP contribution in [0.2, 0.25) is 0 Å². The number of benzene rings is 2. The smallest absolute Gasteiger partial charge is 0.349 e. The number of aliphatic hydroxyl groups excluding tert-OH is 1. The molecule has 0 saturated heterocycles. The molecule has 6 heteroatoms. The fourth-order valence-electron chi connectivity index (χ4n) is 2.44. The van der Waals surface area contributed by atoms with Gasteiger partial charge in [-0.05, 0) is 42.8 Å². The summed E-state index contributed by atoms with van der Waals surface area (Å²) in [5, 5.41) is 12.2. The first-order valence-corrected chi connectivity index (χ1v) is 7.77. The molecule has 1 aromatic heterocycles. The first-order chi connectivity index (χ1) is 12.1. The lowest BCUT2D eigenvalue weighted by molar-refractivity contribution is 0.102. The van der Waals surface area contributed by atoms with E-state index < -0.39 is 11.5 Å². The summed E-state index contributed by atoms with van der Waals surface area (Å²) in [7, 11) is 0. The van der Waals surface area contributed by atoms with Gasteiger partial charge in [-0.15, -0.1) is 0 Å². The lowest BCUT2D eigenvalue weighted by Crippen LogP contribution is -2.21. The van der Waals surface area contributed by atoms with Gasteiger partial charge in [-0.1, -0.05) is 18.2 Å². The number of ether oxygens (including phenoxy) is 1. The first kappa shape index (κ1) is 16.7. The number of carbonyl (C=O) groups excluding carboxylic acids is 1. The minimum atomic E-state index is -0.684. The molecule has 0 saturated carbocycles. The number of aliphatic hydroxyl groups is 1. The van der Waals surface area contributed by atoms with Crippen molar-refractivity contribution < 1.29 is 19.1 Å². The second kappa shape index (κ2) is 7.19. The van der Waals surface area contributed by atoms with Gasteiger partial charge in [0, 0.05) is 11.1 Å². The molecule has 0 spiro atoms. The Morgan fingerprint density at radius 2 is 2.00 bits per heavy atom. The zero-order valence-electron chi connectivity index (χ0n) is 13.6. The Labute approximate surface area is 143 Å². The monoisotopic (exact) mass is 339 g/mol. The molecule has 3 rings (SSSR count). The van der Waals surface area contributed by atoms with Crippen LogP contribution in [0, 0.1) is 6.92 Å². The van der Waals surface area contributed by atoms with E-state index in [1.54, 1.807) is 42.5 Å². The van der Waals surface area contributed by atoms with Crippen molar-refractivity contribution in [3.63, 3.8) is 0 Å². The number of carbonyl (C=O) groups is 1. The summed E-state index contributed by atoms with van der Waals surface area (Å²) in [6, 6.07) is 13.6. The molecule has 0 aliphatic rings. The van der Waals surface area contributed by atoms with Crippen molar-refractivity contribution in [3.8, 4) is 5.75 Å². The standard InChI is InChI=1S/C19H17NO5/c1-12-10-14(24-9-8-21)6-7-16(12)20-18(22)15-11-13-4-2-3-5-17(13)25-19(15)23/h2-7,10-11,21H,8-9H2,1H3,(H,20,22). The van der Waals surface area contributed by atoms with Gasteiger partial charge in [0.15, 0.2) is 0 Å². The molecule has 0 radical (unpaired) electrons. The molecular formula is C19H17NO5. The second-order valence-corrected chi connectivity index (χ2v) is 5.49. The van der Waals surface area contributed by atoms with Crippen LogP contribution in [0.3, 0.4) is 0 Å². The van der Waals surface area contributed by atoms with Gasteiger partial charge in [-0.2, -0.15) is 0 Å². The van der Waals surface area contributed by atoms with Crippen LogP contribution in [0.15, 0.2) is 57.7 Å². The normalized spacial score (nSPS) is 10.6. The lowest BCUT2D eigenvalue weighted by atomic mass is 10.1. The molecule has 2 N–H and O–H groups in total. The third kappa shape index (κ3) is 3.70. The van der Waals surface area contributed by atoms with Crippen LogP contribution in [0.5, 0.6) is 5.75 Å². The van der Waals surface area contributed by atoms with E-state index in [4.69, 9.17) is 14.3 Å². The van der Waals surface area contributed by atoms with Crippen molar-refractivity contribution in [1.29, 1.82) is 0 Å². The van der Waals surface area contributed by atoms with Crippen molar-refractivity contribution >= 4 is 22.6 Å². The Kier molecular flexibility index (Phi) is 4.81. The summed E-state index contributed by atoms with van der Waals surface area (Å²) in [5.74, 6) is 0.0568. The van der Waals surface area contributed by atoms with Crippen molar-refractivity contribution in [1.82, 2.24) is 0 Å². The van der Waals surface area contributed by atoms with Gasteiger partial charge in [0.05, 0.1) is 6.61 Å². The zero-order chi connectivity index (χ0) is 17.8. The van der Waals surface area contributed by atoms with Gasteiger partial charge in [0.25, 0.3) is 5.91 Å². The van der Waals surface area contributed by atoms with Crippen LogP contribution in [0.1, 0.15) is 15.9 Å². The number of nitrogens with one attached hydrogen (secondary N) is 1. The highest BCUT2D eigenvalue weighted by Gasteiger charge is 2.15. The summed E-state index contributed by atoms with van der Waals surface area (Å²) < 4.78 is 10.5. The minimum Gasteiger partial charge on any atom is -0.491 e. The number of para-hydroxylation sites is 1. The summed E-state index contributed by atoms with van der Waals surface area (Å²) in [4.78, 5) is 24.5. The van der Waals surface area contributed by atoms with Crippen molar-refractivity contribution in [3.05, 3.63) is 70.1 Å². The Morgan fingerprint density at radius 3 is 2.76 bits per heavy atom. The Bertz CT molecular complexity index is 977. The molecule has 6 nitrogen and oxygen atoms in total. The topological polar surface area (TPSA) is 88.8 Å². The van der Waals surface area contributed by atoms with Gasteiger partial charge in [0.2, 0.25) is 0 Å². The first-order valence-electron chi connectivity index (χ1n) is 7.77. The molecule has 1 amide bonds. The highest BCUT2D eigenvalue weighted by atomic mass is 16.5. The second-order valence-electron chi connectivity index (χ2n) is 5.49. The van der Waals surface area contributed by atoms with E-state index >= 15 is 0 Å². The number of anilines is 1. The van der Waals surface area contributed by atoms with Gasteiger partial charge in [0.1, 0.15) is 23.5 Å². The largest absolute Gasteiger partial charge is 0.491 e. The van der Waals surface area contributed by atoms with Crippen LogP contribution in [-0.4, -0.2) is 24.2 Å². The Balaban J connectivity index is 1.85. The van der Waals surface area contributed by atoms with E-state index in [1.165, 1.54) is 6.07 Å². The zero-order valence-corrected chi connectivity index (χ0v) is 13.6. The average Bonchev–Trinajstić information content (AvgIpc) is 2.61. The highest BCUT2D eigenvalue weighted by Crippen LogP contribution is 2.22. The SMILES string of the molecule is Cc1cc(OCCO)ccc1NC(=O)c1cc2ccccc2oc1=O. The number of amides is 1. The predicted octanol–water partition coefficient (Wildman–Crippen LogP) is 2.72. The Morgan fingerprint density at radius 1 is 1.20 bits per heavy atom. The molecule has 3 aromatic rings. The average molecular weight is 339 g/mol. The Hall–Kier alpha value is -3.12. The summed E-state index contributed by atoms with van der Waals surface area (Å²) in [5.41, 5.74) is 1.03. The van der Waals surface area contributed by atoms with Gasteiger partial charge < -0.3 is 19.6 Å². The molecule has 25 heavy (non-hydrogen) atoms. The van der Waals surface area contributed by atoms with Crippen LogP contribution in [0.25, 0.3) is 11.0 Å². The number of rotatable bonds is 5. The molecule has 0 atom stereocenters. The maximum absolute atomic E-state index is 12.5. The van der Waals surface area contributed by atoms with Crippen LogP contribution in [0.4, 0.5) is 5.69 Å². The predicted molar refractivity (Wildman–Crippen MR) is 94.2 cm³/mol. The van der Waals surface area contributed by atoms with Gasteiger partial charge >= 0.3 is 5.63 Å². The molecule has 0 fully saturated rings. The fraction of sp³-hybridized carbons (Fsp3) is 0.158. The molecule has 0 aliphatic heterocycles. The quantitative estimate of drug-likeness (QED) is 0.698. The number of fused-ring (bicyclic) bond motifs is 1. The summed E-state index contributed by atoms with van der Waals surface area (Å²) in [6.07, 6.45) is 0. The maximum Gasteiger partial charge on any atom is 0.349 e. The van der Waals surface area contributed by atoms with E-state index in [1.807, 2.05) is 6.92 Å². The number of hydrogen-bond acceptors (Lipinski definition) is 5.